The van der Waals surface area contributed by atoms with Gasteiger partial charge in [0.2, 0.25) is 5.71 Å². The van der Waals surface area contributed by atoms with Crippen molar-refractivity contribution in [2.24, 2.45) is 0 Å². The quantitative estimate of drug-likeness (QED) is 0.510. The van der Waals surface area contributed by atoms with Gasteiger partial charge in [-0.25, -0.2) is 4.98 Å². The predicted molar refractivity (Wildman–Crippen MR) is 79.5 cm³/mol. The van der Waals surface area contributed by atoms with E-state index in [-0.39, 0.29) is 0 Å². The minimum Gasteiger partial charge on any atom is -0.437 e. The van der Waals surface area contributed by atoms with Crippen LogP contribution in [0.5, 0.6) is 0 Å². The zero-order valence-corrected chi connectivity index (χ0v) is 11.0. The lowest BCUT2D eigenvalue weighted by molar-refractivity contribution is 0.655. The van der Waals surface area contributed by atoms with Crippen LogP contribution < -0.4 is 0 Å². The molecule has 0 aliphatic carbocycles. The number of rotatable bonds is 1. The smallest absolute Gasteiger partial charge is 0.227 e. The SMILES string of the molecule is Cc1cc(-c2ccccn2)c2oc3ncccc3c2c1. The molecule has 0 radical (unpaired) electrons. The second-order valence-electron chi connectivity index (χ2n) is 4.86. The Bertz CT molecular complexity index is 910. The van der Waals surface area contributed by atoms with E-state index in [1.807, 2.05) is 30.3 Å². The molecule has 0 unspecified atom stereocenters. The lowest BCUT2D eigenvalue weighted by Crippen LogP contribution is -1.84. The van der Waals surface area contributed by atoms with Crippen LogP contribution in [0.25, 0.3) is 33.3 Å². The molecule has 4 rings (SSSR count). The maximum absolute atomic E-state index is 5.94. The largest absolute Gasteiger partial charge is 0.437 e. The van der Waals surface area contributed by atoms with Gasteiger partial charge in [0, 0.05) is 28.7 Å². The molecule has 96 valence electrons. The Balaban J connectivity index is 2.16. The minimum atomic E-state index is 0.672. The predicted octanol–water partition coefficient (Wildman–Crippen LogP) is 4.35. The average Bonchev–Trinajstić information content (AvgIpc) is 2.86. The molecular formula is C17H12N2O. The summed E-state index contributed by atoms with van der Waals surface area (Å²) >= 11 is 0. The third kappa shape index (κ3) is 1.60. The van der Waals surface area contributed by atoms with Crippen LogP contribution in [0, 0.1) is 6.92 Å². The number of fused-ring (bicyclic) bond motifs is 3. The van der Waals surface area contributed by atoms with Crippen LogP contribution in [0.3, 0.4) is 0 Å². The lowest BCUT2D eigenvalue weighted by atomic mass is 10.0. The molecule has 0 N–H and O–H groups in total. The molecule has 0 aliphatic rings. The fourth-order valence-electron chi connectivity index (χ4n) is 2.57. The monoisotopic (exact) mass is 260 g/mol. The van der Waals surface area contributed by atoms with E-state index in [2.05, 4.69) is 29.0 Å². The van der Waals surface area contributed by atoms with Crippen molar-refractivity contribution in [3.63, 3.8) is 0 Å². The number of hydrogen-bond acceptors (Lipinski definition) is 3. The lowest BCUT2D eigenvalue weighted by Gasteiger charge is -2.03. The van der Waals surface area contributed by atoms with Crippen molar-refractivity contribution in [1.29, 1.82) is 0 Å². The van der Waals surface area contributed by atoms with Crippen molar-refractivity contribution in [3.8, 4) is 11.3 Å². The van der Waals surface area contributed by atoms with Crippen molar-refractivity contribution >= 4 is 22.1 Å². The van der Waals surface area contributed by atoms with E-state index in [0.29, 0.717) is 5.71 Å². The molecule has 3 aromatic heterocycles. The van der Waals surface area contributed by atoms with Crippen LogP contribution in [0.15, 0.2) is 59.3 Å². The van der Waals surface area contributed by atoms with Gasteiger partial charge in [0.15, 0.2) is 0 Å². The first-order valence-electron chi connectivity index (χ1n) is 6.52. The Morgan fingerprint density at radius 2 is 1.80 bits per heavy atom. The van der Waals surface area contributed by atoms with Gasteiger partial charge >= 0.3 is 0 Å². The molecule has 0 atom stereocenters. The highest BCUT2D eigenvalue weighted by Crippen LogP contribution is 2.35. The topological polar surface area (TPSA) is 38.9 Å². The van der Waals surface area contributed by atoms with E-state index in [1.54, 1.807) is 12.4 Å². The highest BCUT2D eigenvalue weighted by Gasteiger charge is 2.13. The van der Waals surface area contributed by atoms with Gasteiger partial charge in [0.05, 0.1) is 5.69 Å². The molecule has 0 bridgehead atoms. The Kier molecular flexibility index (Phi) is 2.33. The van der Waals surface area contributed by atoms with Crippen molar-refractivity contribution in [2.45, 2.75) is 6.92 Å². The summed E-state index contributed by atoms with van der Waals surface area (Å²) in [5.74, 6) is 0. The van der Waals surface area contributed by atoms with E-state index in [0.717, 1.165) is 27.6 Å². The highest BCUT2D eigenvalue weighted by molar-refractivity contribution is 6.08. The number of pyridine rings is 2. The summed E-state index contributed by atoms with van der Waals surface area (Å²) in [6.07, 6.45) is 3.54. The first-order chi connectivity index (χ1) is 9.83. The second-order valence-corrected chi connectivity index (χ2v) is 4.86. The van der Waals surface area contributed by atoms with Gasteiger partial charge in [-0.2, -0.15) is 0 Å². The number of furan rings is 1. The van der Waals surface area contributed by atoms with Crippen molar-refractivity contribution in [2.75, 3.05) is 0 Å². The maximum atomic E-state index is 5.94. The number of aromatic nitrogens is 2. The van der Waals surface area contributed by atoms with Gasteiger partial charge in [0.25, 0.3) is 0 Å². The third-order valence-corrected chi connectivity index (χ3v) is 3.43. The Morgan fingerprint density at radius 3 is 2.65 bits per heavy atom. The van der Waals surface area contributed by atoms with Gasteiger partial charge < -0.3 is 4.42 Å². The first kappa shape index (κ1) is 11.2. The zero-order chi connectivity index (χ0) is 13.5. The second kappa shape index (κ2) is 4.17. The first-order valence-corrected chi connectivity index (χ1v) is 6.52. The van der Waals surface area contributed by atoms with Crippen molar-refractivity contribution < 1.29 is 4.42 Å². The van der Waals surface area contributed by atoms with E-state index in [4.69, 9.17) is 4.42 Å². The molecule has 0 amide bonds. The molecule has 20 heavy (non-hydrogen) atoms. The van der Waals surface area contributed by atoms with Crippen LogP contribution in [0.2, 0.25) is 0 Å². The standard InChI is InChI=1S/C17H12N2O/c1-11-9-13-12-5-4-8-19-17(12)20-16(13)14(10-11)15-6-2-3-7-18-15/h2-10H,1H3. The van der Waals surface area contributed by atoms with Crippen LogP contribution >= 0.6 is 0 Å². The van der Waals surface area contributed by atoms with Gasteiger partial charge in [-0.3, -0.25) is 4.98 Å². The number of hydrogen-bond donors (Lipinski definition) is 0. The van der Waals surface area contributed by atoms with Gasteiger partial charge in [-0.1, -0.05) is 6.07 Å². The zero-order valence-electron chi connectivity index (χ0n) is 11.0. The number of aryl methyl sites for hydroxylation is 1. The summed E-state index contributed by atoms with van der Waals surface area (Å²) in [6, 6.07) is 14.1. The average molecular weight is 260 g/mol. The summed E-state index contributed by atoms with van der Waals surface area (Å²) in [5.41, 5.74) is 4.64. The van der Waals surface area contributed by atoms with Gasteiger partial charge in [-0.15, -0.1) is 0 Å². The molecule has 1 aromatic carbocycles. The molecule has 0 aliphatic heterocycles. The fourth-order valence-corrected chi connectivity index (χ4v) is 2.57. The van der Waals surface area contributed by atoms with Gasteiger partial charge in [-0.05, 0) is 48.9 Å². The molecule has 0 fully saturated rings. The number of nitrogens with zero attached hydrogens (tertiary/aromatic N) is 2. The molecule has 3 heterocycles. The molecule has 3 nitrogen and oxygen atoms in total. The Labute approximate surface area is 115 Å². The fraction of sp³-hybridized carbons (Fsp3) is 0.0588. The molecule has 4 aromatic rings. The summed E-state index contributed by atoms with van der Waals surface area (Å²) in [6.45, 7) is 2.08. The van der Waals surface area contributed by atoms with Gasteiger partial charge in [0.1, 0.15) is 5.58 Å². The van der Waals surface area contributed by atoms with Crippen LogP contribution in [0.4, 0.5) is 0 Å². The van der Waals surface area contributed by atoms with E-state index in [1.165, 1.54) is 5.56 Å². The molecular weight excluding hydrogens is 248 g/mol. The van der Waals surface area contributed by atoms with E-state index < -0.39 is 0 Å². The van der Waals surface area contributed by atoms with Crippen LogP contribution in [-0.2, 0) is 0 Å². The molecule has 0 spiro atoms. The maximum Gasteiger partial charge on any atom is 0.227 e. The number of benzene rings is 1. The Morgan fingerprint density at radius 1 is 0.900 bits per heavy atom. The minimum absolute atomic E-state index is 0.672. The normalized spacial score (nSPS) is 11.2. The van der Waals surface area contributed by atoms with Crippen LogP contribution in [0.1, 0.15) is 5.56 Å². The van der Waals surface area contributed by atoms with E-state index >= 15 is 0 Å². The summed E-state index contributed by atoms with van der Waals surface area (Å²) in [4.78, 5) is 8.73. The van der Waals surface area contributed by atoms with Crippen molar-refractivity contribution in [3.05, 3.63) is 60.4 Å². The third-order valence-electron chi connectivity index (χ3n) is 3.43. The van der Waals surface area contributed by atoms with Crippen molar-refractivity contribution in [1.82, 2.24) is 9.97 Å². The van der Waals surface area contributed by atoms with E-state index in [9.17, 15) is 0 Å². The highest BCUT2D eigenvalue weighted by atomic mass is 16.3. The molecule has 0 saturated heterocycles. The summed E-state index contributed by atoms with van der Waals surface area (Å²) < 4.78 is 5.94. The summed E-state index contributed by atoms with van der Waals surface area (Å²) in [7, 11) is 0. The van der Waals surface area contributed by atoms with Crippen LogP contribution in [-0.4, -0.2) is 9.97 Å². The molecule has 3 heteroatoms. The molecule has 0 saturated carbocycles. The summed E-state index contributed by atoms with van der Waals surface area (Å²) in [5, 5.41) is 2.14. The Hall–Kier alpha value is -2.68.